The first-order chi connectivity index (χ1) is 9.34. The summed E-state index contributed by atoms with van der Waals surface area (Å²) < 4.78 is 0. The topological polar surface area (TPSA) is 58.0 Å². The molecule has 1 aliphatic carbocycles. The van der Waals surface area contributed by atoms with E-state index in [0.717, 1.165) is 36.3 Å². The van der Waals surface area contributed by atoms with Gasteiger partial charge in [0.15, 0.2) is 0 Å². The number of aliphatic hydroxyl groups excluding tert-OH is 1. The standard InChI is InChI=1S/C15H17N3O/c19-14(11-5-2-1-3-6-11)9-16-15-12-7-4-8-13(12)17-10-18-15/h1-3,5-6,10,14,19H,4,7-9H2,(H,16,17,18). The van der Waals surface area contributed by atoms with Crippen molar-refractivity contribution in [2.75, 3.05) is 11.9 Å². The lowest BCUT2D eigenvalue weighted by Crippen LogP contribution is -2.14. The number of aliphatic hydroxyl groups is 1. The molecule has 0 saturated heterocycles. The predicted molar refractivity (Wildman–Crippen MR) is 73.9 cm³/mol. The zero-order valence-corrected chi connectivity index (χ0v) is 10.7. The van der Waals surface area contributed by atoms with E-state index in [1.807, 2.05) is 30.3 Å². The van der Waals surface area contributed by atoms with Gasteiger partial charge in [-0.25, -0.2) is 9.97 Å². The first-order valence-corrected chi connectivity index (χ1v) is 6.64. The van der Waals surface area contributed by atoms with Crippen molar-refractivity contribution in [2.24, 2.45) is 0 Å². The van der Waals surface area contributed by atoms with Crippen molar-refractivity contribution in [1.29, 1.82) is 0 Å². The summed E-state index contributed by atoms with van der Waals surface area (Å²) in [5, 5.41) is 13.4. The summed E-state index contributed by atoms with van der Waals surface area (Å²) in [6.45, 7) is 0.466. The SMILES string of the molecule is OC(CNc1ncnc2c1CCC2)c1ccccc1. The van der Waals surface area contributed by atoms with Crippen LogP contribution in [0.4, 0.5) is 5.82 Å². The highest BCUT2D eigenvalue weighted by molar-refractivity contribution is 5.48. The molecule has 1 aromatic carbocycles. The Labute approximate surface area is 112 Å². The molecule has 0 bridgehead atoms. The fourth-order valence-corrected chi connectivity index (χ4v) is 2.50. The van der Waals surface area contributed by atoms with E-state index in [4.69, 9.17) is 0 Å². The van der Waals surface area contributed by atoms with Crippen LogP contribution in [0.1, 0.15) is 29.3 Å². The van der Waals surface area contributed by atoms with E-state index in [0.29, 0.717) is 6.54 Å². The number of rotatable bonds is 4. The van der Waals surface area contributed by atoms with E-state index in [1.165, 1.54) is 5.56 Å². The number of nitrogens with one attached hydrogen (secondary N) is 1. The van der Waals surface area contributed by atoms with E-state index in [1.54, 1.807) is 6.33 Å². The fraction of sp³-hybridized carbons (Fsp3) is 0.333. The minimum atomic E-state index is -0.520. The number of anilines is 1. The van der Waals surface area contributed by atoms with Gasteiger partial charge >= 0.3 is 0 Å². The van der Waals surface area contributed by atoms with E-state index >= 15 is 0 Å². The van der Waals surface area contributed by atoms with Crippen LogP contribution in [0.2, 0.25) is 0 Å². The number of benzene rings is 1. The molecule has 1 aliphatic rings. The maximum Gasteiger partial charge on any atom is 0.132 e. The van der Waals surface area contributed by atoms with Crippen molar-refractivity contribution in [2.45, 2.75) is 25.4 Å². The Kier molecular flexibility index (Phi) is 3.42. The van der Waals surface area contributed by atoms with Gasteiger partial charge in [0.1, 0.15) is 12.1 Å². The lowest BCUT2D eigenvalue weighted by molar-refractivity contribution is 0.191. The minimum Gasteiger partial charge on any atom is -0.387 e. The maximum absolute atomic E-state index is 10.1. The molecule has 3 rings (SSSR count). The monoisotopic (exact) mass is 255 g/mol. The third kappa shape index (κ3) is 2.58. The highest BCUT2D eigenvalue weighted by Crippen LogP contribution is 2.25. The first kappa shape index (κ1) is 12.1. The van der Waals surface area contributed by atoms with Crippen LogP contribution in [-0.2, 0) is 12.8 Å². The molecule has 1 heterocycles. The minimum absolute atomic E-state index is 0.466. The Morgan fingerprint density at radius 1 is 1.16 bits per heavy atom. The van der Waals surface area contributed by atoms with Gasteiger partial charge in [0, 0.05) is 17.8 Å². The van der Waals surface area contributed by atoms with Crippen LogP contribution in [0.3, 0.4) is 0 Å². The van der Waals surface area contributed by atoms with Gasteiger partial charge < -0.3 is 10.4 Å². The molecule has 2 aromatic rings. The van der Waals surface area contributed by atoms with E-state index in [2.05, 4.69) is 15.3 Å². The molecule has 19 heavy (non-hydrogen) atoms. The van der Waals surface area contributed by atoms with Gasteiger partial charge in [0.25, 0.3) is 0 Å². The van der Waals surface area contributed by atoms with Crippen molar-refractivity contribution in [1.82, 2.24) is 9.97 Å². The summed E-state index contributed by atoms with van der Waals surface area (Å²) in [6.07, 6.45) is 4.28. The molecule has 98 valence electrons. The molecule has 0 spiro atoms. The van der Waals surface area contributed by atoms with Crippen molar-refractivity contribution >= 4 is 5.82 Å². The number of aryl methyl sites for hydroxylation is 1. The summed E-state index contributed by atoms with van der Waals surface area (Å²) in [7, 11) is 0. The van der Waals surface area contributed by atoms with Crippen LogP contribution in [0.5, 0.6) is 0 Å². The molecule has 2 N–H and O–H groups in total. The molecule has 4 nitrogen and oxygen atoms in total. The molecule has 0 fully saturated rings. The molecule has 1 aromatic heterocycles. The number of hydrogen-bond donors (Lipinski definition) is 2. The summed E-state index contributed by atoms with van der Waals surface area (Å²) in [5.74, 6) is 0.873. The molecule has 0 amide bonds. The Balaban J connectivity index is 1.69. The molecule has 0 radical (unpaired) electrons. The number of hydrogen-bond acceptors (Lipinski definition) is 4. The number of nitrogens with zero attached hydrogens (tertiary/aromatic N) is 2. The lowest BCUT2D eigenvalue weighted by atomic mass is 10.1. The molecule has 4 heteroatoms. The number of fused-ring (bicyclic) bond motifs is 1. The van der Waals surface area contributed by atoms with Gasteiger partial charge in [-0.15, -0.1) is 0 Å². The average Bonchev–Trinajstić information content (AvgIpc) is 2.94. The third-order valence-electron chi connectivity index (χ3n) is 3.52. The second kappa shape index (κ2) is 5.36. The highest BCUT2D eigenvalue weighted by Gasteiger charge is 2.17. The van der Waals surface area contributed by atoms with Crippen molar-refractivity contribution in [3.05, 3.63) is 53.5 Å². The van der Waals surface area contributed by atoms with Crippen LogP contribution in [-0.4, -0.2) is 21.6 Å². The zero-order valence-electron chi connectivity index (χ0n) is 10.7. The summed E-state index contributed by atoms with van der Waals surface area (Å²) >= 11 is 0. The van der Waals surface area contributed by atoms with E-state index in [9.17, 15) is 5.11 Å². The largest absolute Gasteiger partial charge is 0.387 e. The summed E-state index contributed by atoms with van der Waals surface area (Å²) in [5.41, 5.74) is 3.27. The van der Waals surface area contributed by atoms with Gasteiger partial charge in [-0.3, -0.25) is 0 Å². The van der Waals surface area contributed by atoms with Crippen molar-refractivity contribution in [3.8, 4) is 0 Å². The summed E-state index contributed by atoms with van der Waals surface area (Å²) in [6, 6.07) is 9.66. The molecule has 1 atom stereocenters. The molecular weight excluding hydrogens is 238 g/mol. The van der Waals surface area contributed by atoms with Crippen LogP contribution in [0, 0.1) is 0 Å². The maximum atomic E-state index is 10.1. The first-order valence-electron chi connectivity index (χ1n) is 6.64. The average molecular weight is 255 g/mol. The van der Waals surface area contributed by atoms with Crippen molar-refractivity contribution in [3.63, 3.8) is 0 Å². The summed E-state index contributed by atoms with van der Waals surface area (Å²) in [4.78, 5) is 8.57. The molecular formula is C15H17N3O. The quantitative estimate of drug-likeness (QED) is 0.878. The second-order valence-electron chi connectivity index (χ2n) is 4.81. The van der Waals surface area contributed by atoms with Gasteiger partial charge in [-0.05, 0) is 24.8 Å². The van der Waals surface area contributed by atoms with E-state index in [-0.39, 0.29) is 0 Å². The van der Waals surface area contributed by atoms with Crippen molar-refractivity contribution < 1.29 is 5.11 Å². The molecule has 1 unspecified atom stereocenters. The lowest BCUT2D eigenvalue weighted by Gasteiger charge is -2.14. The van der Waals surface area contributed by atoms with Gasteiger partial charge in [0.05, 0.1) is 6.10 Å². The Bertz CT molecular complexity index is 557. The highest BCUT2D eigenvalue weighted by atomic mass is 16.3. The zero-order chi connectivity index (χ0) is 13.1. The van der Waals surface area contributed by atoms with Crippen LogP contribution in [0.15, 0.2) is 36.7 Å². The Hall–Kier alpha value is -1.94. The molecule has 0 aliphatic heterocycles. The van der Waals surface area contributed by atoms with Crippen LogP contribution < -0.4 is 5.32 Å². The Morgan fingerprint density at radius 2 is 2.00 bits per heavy atom. The van der Waals surface area contributed by atoms with Crippen LogP contribution in [0.25, 0.3) is 0 Å². The number of aromatic nitrogens is 2. The normalized spacial score (nSPS) is 15.0. The smallest absolute Gasteiger partial charge is 0.132 e. The Morgan fingerprint density at radius 3 is 2.84 bits per heavy atom. The second-order valence-corrected chi connectivity index (χ2v) is 4.81. The van der Waals surface area contributed by atoms with Crippen LogP contribution >= 0.6 is 0 Å². The third-order valence-corrected chi connectivity index (χ3v) is 3.52. The van der Waals surface area contributed by atoms with E-state index < -0.39 is 6.10 Å². The van der Waals surface area contributed by atoms with Gasteiger partial charge in [-0.1, -0.05) is 30.3 Å². The van der Waals surface area contributed by atoms with Gasteiger partial charge in [0.2, 0.25) is 0 Å². The predicted octanol–water partition coefficient (Wildman–Crippen LogP) is 2.11. The molecule has 0 saturated carbocycles. The van der Waals surface area contributed by atoms with Gasteiger partial charge in [-0.2, -0.15) is 0 Å². The fourth-order valence-electron chi connectivity index (χ4n) is 2.50.